The highest BCUT2D eigenvalue weighted by Crippen LogP contribution is 2.06. The van der Waals surface area contributed by atoms with Gasteiger partial charge in [0.1, 0.15) is 0 Å². The first-order valence-electron chi connectivity index (χ1n) is 6.55. The van der Waals surface area contributed by atoms with Gasteiger partial charge in [0.05, 0.1) is 12.6 Å². The Morgan fingerprint density at radius 3 is 2.63 bits per heavy atom. The van der Waals surface area contributed by atoms with Crippen molar-refractivity contribution in [1.82, 2.24) is 5.32 Å². The Labute approximate surface area is 123 Å². The summed E-state index contributed by atoms with van der Waals surface area (Å²) in [5.41, 5.74) is 2.44. The minimum Gasteiger partial charge on any atom is -0.383 e. The molecular formula is C15H22BrNO2. The molecule has 1 unspecified atom stereocenters. The molecule has 1 amide bonds. The summed E-state index contributed by atoms with van der Waals surface area (Å²) >= 11 is 3.39. The number of halogens is 1. The van der Waals surface area contributed by atoms with Gasteiger partial charge >= 0.3 is 0 Å². The molecule has 0 spiro atoms. The van der Waals surface area contributed by atoms with Gasteiger partial charge in [-0.1, -0.05) is 45.8 Å². The van der Waals surface area contributed by atoms with Crippen LogP contribution < -0.4 is 5.32 Å². The molecule has 19 heavy (non-hydrogen) atoms. The molecule has 4 heteroatoms. The number of carbonyl (C=O) groups excluding carboxylic acids is 1. The number of methoxy groups -OCH3 is 1. The molecule has 3 nitrogen and oxygen atoms in total. The van der Waals surface area contributed by atoms with Gasteiger partial charge in [-0.05, 0) is 25.3 Å². The summed E-state index contributed by atoms with van der Waals surface area (Å²) in [5, 5.41) is 3.87. The smallest absolute Gasteiger partial charge is 0.220 e. The molecule has 0 aliphatic carbocycles. The molecule has 106 valence electrons. The lowest BCUT2D eigenvalue weighted by atomic mass is 10.1. The molecule has 0 aliphatic heterocycles. The van der Waals surface area contributed by atoms with Crippen LogP contribution in [-0.2, 0) is 16.0 Å². The topological polar surface area (TPSA) is 38.3 Å². The summed E-state index contributed by atoms with van der Waals surface area (Å²) in [7, 11) is 1.65. The van der Waals surface area contributed by atoms with Crippen molar-refractivity contribution in [2.24, 2.45) is 0 Å². The van der Waals surface area contributed by atoms with Crippen molar-refractivity contribution in [3.05, 3.63) is 35.4 Å². The van der Waals surface area contributed by atoms with E-state index in [1.807, 2.05) is 0 Å². The van der Waals surface area contributed by atoms with E-state index in [4.69, 9.17) is 4.74 Å². The molecule has 1 aromatic carbocycles. The minimum atomic E-state index is 0.0866. The maximum Gasteiger partial charge on any atom is 0.220 e. The zero-order valence-corrected chi connectivity index (χ0v) is 13.2. The standard InChI is InChI=1S/C15H22BrNO2/c1-12-3-5-13(6-4-12)7-8-15(18)17-14(9-10-16)11-19-2/h3-6,14H,7-11H2,1-2H3,(H,17,18). The Morgan fingerprint density at radius 2 is 2.05 bits per heavy atom. The molecule has 0 aliphatic rings. The zero-order valence-electron chi connectivity index (χ0n) is 11.6. The van der Waals surface area contributed by atoms with Crippen LogP contribution in [0.15, 0.2) is 24.3 Å². The van der Waals surface area contributed by atoms with E-state index in [0.717, 1.165) is 18.2 Å². The fraction of sp³-hybridized carbons (Fsp3) is 0.533. The molecule has 1 atom stereocenters. The summed E-state index contributed by atoms with van der Waals surface area (Å²) < 4.78 is 5.10. The summed E-state index contributed by atoms with van der Waals surface area (Å²) in [6.45, 7) is 2.62. The van der Waals surface area contributed by atoms with Crippen molar-refractivity contribution >= 4 is 21.8 Å². The fourth-order valence-corrected chi connectivity index (χ4v) is 2.40. The van der Waals surface area contributed by atoms with Crippen molar-refractivity contribution in [3.63, 3.8) is 0 Å². The van der Waals surface area contributed by atoms with Crippen molar-refractivity contribution in [1.29, 1.82) is 0 Å². The van der Waals surface area contributed by atoms with Gasteiger partial charge in [-0.2, -0.15) is 0 Å². The Bertz CT molecular complexity index is 372. The van der Waals surface area contributed by atoms with E-state index in [0.29, 0.717) is 13.0 Å². The highest BCUT2D eigenvalue weighted by atomic mass is 79.9. The average molecular weight is 328 g/mol. The van der Waals surface area contributed by atoms with Crippen molar-refractivity contribution in [3.8, 4) is 0 Å². The second kappa shape index (κ2) is 9.10. The predicted molar refractivity (Wildman–Crippen MR) is 81.7 cm³/mol. The summed E-state index contributed by atoms with van der Waals surface area (Å²) in [6, 6.07) is 8.40. The second-order valence-corrected chi connectivity index (χ2v) is 5.48. The molecule has 0 fully saturated rings. The molecule has 1 N–H and O–H groups in total. The third-order valence-corrected chi connectivity index (χ3v) is 3.41. The highest BCUT2D eigenvalue weighted by molar-refractivity contribution is 9.09. The molecule has 1 rings (SSSR count). The van der Waals surface area contributed by atoms with Gasteiger partial charge in [0.2, 0.25) is 5.91 Å². The van der Waals surface area contributed by atoms with Crippen LogP contribution in [0.25, 0.3) is 0 Å². The van der Waals surface area contributed by atoms with Crippen LogP contribution in [0.2, 0.25) is 0 Å². The fourth-order valence-electron chi connectivity index (χ4n) is 1.84. The molecule has 1 aromatic rings. The Kier molecular flexibility index (Phi) is 7.75. The number of rotatable bonds is 8. The van der Waals surface area contributed by atoms with Gasteiger partial charge in [0.25, 0.3) is 0 Å². The van der Waals surface area contributed by atoms with E-state index < -0.39 is 0 Å². The van der Waals surface area contributed by atoms with Gasteiger partial charge in [0.15, 0.2) is 0 Å². The summed E-state index contributed by atoms with van der Waals surface area (Å²) in [5.74, 6) is 0.0866. The Morgan fingerprint density at radius 1 is 1.37 bits per heavy atom. The van der Waals surface area contributed by atoms with Gasteiger partial charge in [0, 0.05) is 18.9 Å². The number of aryl methyl sites for hydroxylation is 2. The molecule has 0 radical (unpaired) electrons. The van der Waals surface area contributed by atoms with Crippen LogP contribution in [0.1, 0.15) is 24.0 Å². The van der Waals surface area contributed by atoms with Gasteiger partial charge in [-0.25, -0.2) is 0 Å². The van der Waals surface area contributed by atoms with Crippen LogP contribution in [0, 0.1) is 6.92 Å². The Balaban J connectivity index is 2.35. The normalized spacial score (nSPS) is 12.2. The van der Waals surface area contributed by atoms with Gasteiger partial charge < -0.3 is 10.1 Å². The van der Waals surface area contributed by atoms with E-state index in [1.54, 1.807) is 7.11 Å². The van der Waals surface area contributed by atoms with E-state index in [1.165, 1.54) is 11.1 Å². The van der Waals surface area contributed by atoms with Crippen molar-refractivity contribution in [2.75, 3.05) is 19.0 Å². The lowest BCUT2D eigenvalue weighted by Crippen LogP contribution is -2.38. The third-order valence-electron chi connectivity index (χ3n) is 2.95. The molecular weight excluding hydrogens is 306 g/mol. The molecule has 0 bridgehead atoms. The Hall–Kier alpha value is -0.870. The largest absolute Gasteiger partial charge is 0.383 e. The number of benzene rings is 1. The number of hydrogen-bond donors (Lipinski definition) is 1. The molecule has 0 saturated heterocycles. The second-order valence-electron chi connectivity index (χ2n) is 4.68. The van der Waals surface area contributed by atoms with Crippen LogP contribution in [-0.4, -0.2) is 31.0 Å². The summed E-state index contributed by atoms with van der Waals surface area (Å²) in [4.78, 5) is 11.9. The van der Waals surface area contributed by atoms with E-state index in [-0.39, 0.29) is 11.9 Å². The number of alkyl halides is 1. The maximum absolute atomic E-state index is 11.9. The lowest BCUT2D eigenvalue weighted by molar-refractivity contribution is -0.122. The average Bonchev–Trinajstić information content (AvgIpc) is 2.39. The minimum absolute atomic E-state index is 0.0866. The van der Waals surface area contributed by atoms with E-state index in [2.05, 4.69) is 52.4 Å². The number of carbonyl (C=O) groups is 1. The maximum atomic E-state index is 11.9. The molecule has 0 aromatic heterocycles. The SMILES string of the molecule is COCC(CCBr)NC(=O)CCc1ccc(C)cc1. The molecule has 0 heterocycles. The van der Waals surface area contributed by atoms with Crippen LogP contribution >= 0.6 is 15.9 Å². The van der Waals surface area contributed by atoms with Gasteiger partial charge in [-0.3, -0.25) is 4.79 Å². The lowest BCUT2D eigenvalue weighted by Gasteiger charge is -2.16. The highest BCUT2D eigenvalue weighted by Gasteiger charge is 2.11. The first-order valence-corrected chi connectivity index (χ1v) is 7.67. The zero-order chi connectivity index (χ0) is 14.1. The quantitative estimate of drug-likeness (QED) is 0.745. The number of amides is 1. The molecule has 0 saturated carbocycles. The van der Waals surface area contributed by atoms with Crippen LogP contribution in [0.5, 0.6) is 0 Å². The monoisotopic (exact) mass is 327 g/mol. The van der Waals surface area contributed by atoms with E-state index >= 15 is 0 Å². The first-order chi connectivity index (χ1) is 9.15. The van der Waals surface area contributed by atoms with Crippen molar-refractivity contribution in [2.45, 2.75) is 32.2 Å². The third kappa shape index (κ3) is 6.73. The van der Waals surface area contributed by atoms with Crippen molar-refractivity contribution < 1.29 is 9.53 Å². The van der Waals surface area contributed by atoms with Crippen LogP contribution in [0.3, 0.4) is 0 Å². The summed E-state index contributed by atoms with van der Waals surface area (Å²) in [6.07, 6.45) is 2.18. The predicted octanol–water partition coefficient (Wildman–Crippen LogP) is 2.84. The van der Waals surface area contributed by atoms with Gasteiger partial charge in [-0.15, -0.1) is 0 Å². The van der Waals surface area contributed by atoms with E-state index in [9.17, 15) is 4.79 Å². The number of hydrogen-bond acceptors (Lipinski definition) is 2. The van der Waals surface area contributed by atoms with Crippen LogP contribution in [0.4, 0.5) is 0 Å². The number of ether oxygens (including phenoxy) is 1. The number of nitrogens with one attached hydrogen (secondary N) is 1. The first kappa shape index (κ1) is 16.2.